The third-order valence-electron chi connectivity index (χ3n) is 2.95. The average Bonchev–Trinajstić information content (AvgIpc) is 2.35. The first-order valence-corrected chi connectivity index (χ1v) is 5.80. The van der Waals surface area contributed by atoms with E-state index in [-0.39, 0.29) is 6.04 Å². The van der Waals surface area contributed by atoms with Crippen molar-refractivity contribution < 1.29 is 0 Å². The predicted molar refractivity (Wildman–Crippen MR) is 68.9 cm³/mol. The summed E-state index contributed by atoms with van der Waals surface area (Å²) in [5.41, 5.74) is 4.15. The third-order valence-corrected chi connectivity index (χ3v) is 2.95. The van der Waals surface area contributed by atoms with Gasteiger partial charge in [0.05, 0.1) is 0 Å². The molecule has 2 nitrogen and oxygen atoms in total. The molecule has 0 fully saturated rings. The molecule has 0 aromatic heterocycles. The molecule has 0 saturated heterocycles. The number of hydrogen-bond donors (Lipinski definition) is 2. The van der Waals surface area contributed by atoms with Crippen molar-refractivity contribution >= 4 is 10.8 Å². The maximum Gasteiger partial charge on any atom is 0.0460 e. The molecule has 2 heteroatoms. The summed E-state index contributed by atoms with van der Waals surface area (Å²) >= 11 is 0. The van der Waals surface area contributed by atoms with Gasteiger partial charge in [-0.05, 0) is 28.8 Å². The van der Waals surface area contributed by atoms with Crippen LogP contribution >= 0.6 is 0 Å². The van der Waals surface area contributed by atoms with E-state index in [1.54, 1.807) is 0 Å². The smallest absolute Gasteiger partial charge is 0.0460 e. The van der Waals surface area contributed by atoms with Crippen LogP contribution in [0, 0.1) is 0 Å². The Kier molecular flexibility index (Phi) is 3.54. The van der Waals surface area contributed by atoms with E-state index < -0.39 is 0 Å². The summed E-state index contributed by atoms with van der Waals surface area (Å²) in [6, 6.07) is 15.2. The van der Waals surface area contributed by atoms with Crippen LogP contribution in [0.1, 0.15) is 31.4 Å². The molecule has 1 unspecified atom stereocenters. The van der Waals surface area contributed by atoms with Gasteiger partial charge >= 0.3 is 0 Å². The van der Waals surface area contributed by atoms with Crippen LogP contribution < -0.4 is 11.3 Å². The lowest BCUT2D eigenvalue weighted by Crippen LogP contribution is -2.27. The highest BCUT2D eigenvalue weighted by molar-refractivity contribution is 5.83. The Morgan fingerprint density at radius 3 is 2.56 bits per heavy atom. The van der Waals surface area contributed by atoms with E-state index in [0.717, 1.165) is 12.8 Å². The molecule has 0 aliphatic heterocycles. The quantitative estimate of drug-likeness (QED) is 0.606. The van der Waals surface area contributed by atoms with Crippen molar-refractivity contribution in [3.8, 4) is 0 Å². The second-order valence-electron chi connectivity index (χ2n) is 4.11. The van der Waals surface area contributed by atoms with Gasteiger partial charge in [0.1, 0.15) is 0 Å². The van der Waals surface area contributed by atoms with Gasteiger partial charge in [-0.15, -0.1) is 0 Å². The maximum atomic E-state index is 5.58. The van der Waals surface area contributed by atoms with E-state index in [0.29, 0.717) is 0 Å². The number of nitrogens with two attached hydrogens (primary N) is 1. The molecule has 0 aliphatic carbocycles. The van der Waals surface area contributed by atoms with Gasteiger partial charge in [-0.1, -0.05) is 49.7 Å². The molecule has 16 heavy (non-hydrogen) atoms. The third kappa shape index (κ3) is 2.23. The molecular weight excluding hydrogens is 196 g/mol. The molecule has 0 spiro atoms. The number of hydrazine groups is 1. The number of benzene rings is 2. The molecule has 0 heterocycles. The fourth-order valence-corrected chi connectivity index (χ4v) is 2.06. The van der Waals surface area contributed by atoms with Crippen LogP contribution in [0.15, 0.2) is 42.5 Å². The Hall–Kier alpha value is -1.38. The van der Waals surface area contributed by atoms with Crippen molar-refractivity contribution in [1.29, 1.82) is 0 Å². The molecular formula is C14H18N2. The fraction of sp³-hybridized carbons (Fsp3) is 0.286. The van der Waals surface area contributed by atoms with Crippen molar-refractivity contribution in [3.05, 3.63) is 48.0 Å². The van der Waals surface area contributed by atoms with Gasteiger partial charge in [0.25, 0.3) is 0 Å². The van der Waals surface area contributed by atoms with Gasteiger partial charge in [-0.25, -0.2) is 0 Å². The molecule has 1 atom stereocenters. The maximum absolute atomic E-state index is 5.58. The highest BCUT2D eigenvalue weighted by Crippen LogP contribution is 2.22. The van der Waals surface area contributed by atoms with Crippen molar-refractivity contribution in [3.63, 3.8) is 0 Å². The standard InChI is InChI=1S/C14H18N2/c1-2-5-14(16-15)13-9-8-11-6-3-4-7-12(11)10-13/h3-4,6-10,14,16H,2,5,15H2,1H3. The summed E-state index contributed by atoms with van der Waals surface area (Å²) in [7, 11) is 0. The summed E-state index contributed by atoms with van der Waals surface area (Å²) in [5, 5.41) is 2.55. The van der Waals surface area contributed by atoms with E-state index in [4.69, 9.17) is 5.84 Å². The van der Waals surface area contributed by atoms with Gasteiger partial charge in [0.2, 0.25) is 0 Å². The second-order valence-corrected chi connectivity index (χ2v) is 4.11. The zero-order valence-electron chi connectivity index (χ0n) is 9.61. The van der Waals surface area contributed by atoms with Crippen molar-refractivity contribution in [2.45, 2.75) is 25.8 Å². The summed E-state index contributed by atoms with van der Waals surface area (Å²) < 4.78 is 0. The molecule has 0 bridgehead atoms. The average molecular weight is 214 g/mol. The van der Waals surface area contributed by atoms with E-state index in [9.17, 15) is 0 Å². The van der Waals surface area contributed by atoms with Crippen LogP contribution in [-0.2, 0) is 0 Å². The normalized spacial score (nSPS) is 12.9. The Morgan fingerprint density at radius 1 is 1.12 bits per heavy atom. The van der Waals surface area contributed by atoms with Gasteiger partial charge < -0.3 is 0 Å². The van der Waals surface area contributed by atoms with Gasteiger partial charge in [-0.2, -0.15) is 0 Å². The van der Waals surface area contributed by atoms with Crippen LogP contribution in [0.5, 0.6) is 0 Å². The predicted octanol–water partition coefficient (Wildman–Crippen LogP) is 3.14. The highest BCUT2D eigenvalue weighted by Gasteiger charge is 2.08. The van der Waals surface area contributed by atoms with E-state index in [2.05, 4.69) is 54.8 Å². The first-order valence-electron chi connectivity index (χ1n) is 5.80. The van der Waals surface area contributed by atoms with Crippen LogP contribution in [0.3, 0.4) is 0 Å². The SMILES string of the molecule is CCCC(NN)c1ccc2ccccc2c1. The molecule has 2 rings (SSSR count). The topological polar surface area (TPSA) is 38.0 Å². The Labute approximate surface area is 96.4 Å². The number of fused-ring (bicyclic) bond motifs is 1. The summed E-state index contributed by atoms with van der Waals surface area (Å²) in [6.45, 7) is 2.17. The summed E-state index contributed by atoms with van der Waals surface area (Å²) in [4.78, 5) is 0. The zero-order valence-corrected chi connectivity index (χ0v) is 9.61. The molecule has 0 saturated carbocycles. The van der Waals surface area contributed by atoms with Crippen LogP contribution in [0.2, 0.25) is 0 Å². The monoisotopic (exact) mass is 214 g/mol. The van der Waals surface area contributed by atoms with Crippen LogP contribution in [0.25, 0.3) is 10.8 Å². The zero-order chi connectivity index (χ0) is 11.4. The Balaban J connectivity index is 2.37. The Bertz CT molecular complexity index is 465. The molecule has 84 valence electrons. The minimum absolute atomic E-state index is 0.259. The van der Waals surface area contributed by atoms with Crippen LogP contribution in [-0.4, -0.2) is 0 Å². The van der Waals surface area contributed by atoms with Crippen molar-refractivity contribution in [2.24, 2.45) is 5.84 Å². The van der Waals surface area contributed by atoms with Crippen molar-refractivity contribution in [1.82, 2.24) is 5.43 Å². The van der Waals surface area contributed by atoms with Crippen molar-refractivity contribution in [2.75, 3.05) is 0 Å². The minimum atomic E-state index is 0.259. The lowest BCUT2D eigenvalue weighted by atomic mass is 9.99. The van der Waals surface area contributed by atoms with Crippen LogP contribution in [0.4, 0.5) is 0 Å². The lowest BCUT2D eigenvalue weighted by Gasteiger charge is -2.15. The highest BCUT2D eigenvalue weighted by atomic mass is 15.2. The summed E-state index contributed by atoms with van der Waals surface area (Å²) in [6.07, 6.45) is 2.19. The number of hydrogen-bond acceptors (Lipinski definition) is 2. The second kappa shape index (κ2) is 5.10. The molecule has 2 aromatic rings. The van der Waals surface area contributed by atoms with Gasteiger partial charge in [-0.3, -0.25) is 11.3 Å². The van der Waals surface area contributed by atoms with E-state index in [1.807, 2.05) is 0 Å². The summed E-state index contributed by atoms with van der Waals surface area (Å²) in [5.74, 6) is 5.58. The lowest BCUT2D eigenvalue weighted by molar-refractivity contribution is 0.510. The molecule has 3 N–H and O–H groups in total. The Morgan fingerprint density at radius 2 is 1.88 bits per heavy atom. The van der Waals surface area contributed by atoms with E-state index in [1.165, 1.54) is 16.3 Å². The van der Waals surface area contributed by atoms with Gasteiger partial charge in [0, 0.05) is 6.04 Å². The number of nitrogens with one attached hydrogen (secondary N) is 1. The molecule has 0 amide bonds. The number of rotatable bonds is 4. The largest absolute Gasteiger partial charge is 0.271 e. The first-order chi connectivity index (χ1) is 7.85. The van der Waals surface area contributed by atoms with Gasteiger partial charge in [0.15, 0.2) is 0 Å². The minimum Gasteiger partial charge on any atom is -0.271 e. The molecule has 0 aliphatic rings. The molecule has 0 radical (unpaired) electrons. The van der Waals surface area contributed by atoms with E-state index >= 15 is 0 Å². The fourth-order valence-electron chi connectivity index (χ4n) is 2.06. The molecule has 2 aromatic carbocycles. The first kappa shape index (κ1) is 11.1.